The Bertz CT molecular complexity index is 566. The summed E-state index contributed by atoms with van der Waals surface area (Å²) < 4.78 is 53.9. The van der Waals surface area contributed by atoms with Crippen LogP contribution in [-0.4, -0.2) is 24.8 Å². The van der Waals surface area contributed by atoms with Gasteiger partial charge in [0.2, 0.25) is 10.0 Å². The molecule has 0 spiro atoms. The molecule has 2 unspecified atom stereocenters. The summed E-state index contributed by atoms with van der Waals surface area (Å²) in [6.07, 6.45) is 4.14. The van der Waals surface area contributed by atoms with Crippen molar-refractivity contribution >= 4 is 10.0 Å². The number of sulfonamides is 1. The van der Waals surface area contributed by atoms with Gasteiger partial charge in [-0.15, -0.1) is 0 Å². The van der Waals surface area contributed by atoms with Crippen molar-refractivity contribution in [2.75, 3.05) is 0 Å². The Kier molecular flexibility index (Phi) is 3.09. The van der Waals surface area contributed by atoms with Crippen LogP contribution in [0.25, 0.3) is 0 Å². The summed E-state index contributed by atoms with van der Waals surface area (Å²) in [7, 11) is -4.08. The predicted molar refractivity (Wildman–Crippen MR) is 66.0 cm³/mol. The van der Waals surface area contributed by atoms with E-state index >= 15 is 0 Å². The molecule has 0 aliphatic carbocycles. The van der Waals surface area contributed by atoms with Crippen LogP contribution in [0.3, 0.4) is 0 Å². The molecule has 0 amide bonds. The Morgan fingerprint density at radius 1 is 1.00 bits per heavy atom. The fraction of sp³-hybridized carbons (Fsp3) is 0.538. The third-order valence-corrected chi connectivity index (χ3v) is 6.14. The monoisotopic (exact) mass is 287 g/mol. The first-order chi connectivity index (χ1) is 9.01. The van der Waals surface area contributed by atoms with E-state index in [4.69, 9.17) is 0 Å². The number of hydrogen-bond acceptors (Lipinski definition) is 2. The van der Waals surface area contributed by atoms with Crippen LogP contribution in [0.5, 0.6) is 0 Å². The third kappa shape index (κ3) is 1.97. The molecule has 0 radical (unpaired) electrons. The number of halogens is 2. The minimum atomic E-state index is -4.08. The maximum atomic E-state index is 13.7. The maximum Gasteiger partial charge on any atom is 0.249 e. The molecule has 2 saturated heterocycles. The van der Waals surface area contributed by atoms with Gasteiger partial charge >= 0.3 is 0 Å². The summed E-state index contributed by atoms with van der Waals surface area (Å²) in [6, 6.07) is 2.96. The molecule has 1 aromatic carbocycles. The van der Waals surface area contributed by atoms with E-state index in [9.17, 15) is 17.2 Å². The van der Waals surface area contributed by atoms with Crippen molar-refractivity contribution in [2.45, 2.75) is 49.1 Å². The van der Waals surface area contributed by atoms with Gasteiger partial charge in [0.25, 0.3) is 0 Å². The van der Waals surface area contributed by atoms with Crippen LogP contribution in [0, 0.1) is 11.6 Å². The van der Waals surface area contributed by atoms with E-state index in [0.717, 1.165) is 44.2 Å². The van der Waals surface area contributed by atoms with Crippen LogP contribution < -0.4 is 0 Å². The Hall–Kier alpha value is -1.01. The quantitative estimate of drug-likeness (QED) is 0.838. The van der Waals surface area contributed by atoms with E-state index < -0.39 is 26.6 Å². The lowest BCUT2D eigenvalue weighted by molar-refractivity contribution is 0.246. The second-order valence-electron chi connectivity index (χ2n) is 5.20. The van der Waals surface area contributed by atoms with Crippen molar-refractivity contribution in [3.05, 3.63) is 29.8 Å². The van der Waals surface area contributed by atoms with Gasteiger partial charge in [-0.3, -0.25) is 0 Å². The van der Waals surface area contributed by atoms with E-state index in [0.29, 0.717) is 0 Å². The minimum Gasteiger partial charge on any atom is -0.207 e. The highest BCUT2D eigenvalue weighted by atomic mass is 32.2. The second-order valence-corrected chi connectivity index (χ2v) is 6.98. The minimum absolute atomic E-state index is 0.0947. The third-order valence-electron chi connectivity index (χ3n) is 4.08. The van der Waals surface area contributed by atoms with Crippen LogP contribution in [0.2, 0.25) is 0 Å². The molecule has 0 saturated carbocycles. The zero-order valence-electron chi connectivity index (χ0n) is 10.4. The lowest BCUT2D eigenvalue weighted by atomic mass is 10.1. The topological polar surface area (TPSA) is 37.4 Å². The molecule has 19 heavy (non-hydrogen) atoms. The molecule has 2 aliphatic rings. The molecule has 3 rings (SSSR count). The maximum absolute atomic E-state index is 13.7. The molecule has 2 atom stereocenters. The molecule has 2 fully saturated rings. The van der Waals surface area contributed by atoms with Crippen LogP contribution in [0.15, 0.2) is 23.1 Å². The van der Waals surface area contributed by atoms with Gasteiger partial charge in [0.05, 0.1) is 0 Å². The summed E-state index contributed by atoms with van der Waals surface area (Å²) >= 11 is 0. The molecular formula is C13H15F2NO2S. The van der Waals surface area contributed by atoms with E-state index in [1.807, 2.05) is 0 Å². The molecule has 0 N–H and O–H groups in total. The number of nitrogens with zero attached hydrogens (tertiary/aromatic N) is 1. The fourth-order valence-electron chi connectivity index (χ4n) is 3.30. The number of benzene rings is 1. The smallest absolute Gasteiger partial charge is 0.207 e. The Balaban J connectivity index is 2.09. The largest absolute Gasteiger partial charge is 0.249 e. The summed E-state index contributed by atoms with van der Waals surface area (Å²) in [4.78, 5) is -0.797. The van der Waals surface area contributed by atoms with Crippen molar-refractivity contribution in [3.63, 3.8) is 0 Å². The molecule has 2 heterocycles. The van der Waals surface area contributed by atoms with Crippen LogP contribution >= 0.6 is 0 Å². The number of piperidine rings is 1. The molecular weight excluding hydrogens is 272 g/mol. The Morgan fingerprint density at radius 2 is 1.53 bits per heavy atom. The van der Waals surface area contributed by atoms with E-state index in [2.05, 4.69) is 0 Å². The average Bonchev–Trinajstić information content (AvgIpc) is 2.61. The number of hydrogen-bond donors (Lipinski definition) is 0. The molecule has 3 nitrogen and oxygen atoms in total. The average molecular weight is 287 g/mol. The van der Waals surface area contributed by atoms with Crippen LogP contribution in [0.4, 0.5) is 8.78 Å². The molecule has 0 aromatic heterocycles. The molecule has 2 aliphatic heterocycles. The van der Waals surface area contributed by atoms with Crippen molar-refractivity contribution in [1.29, 1.82) is 0 Å². The molecule has 6 heteroatoms. The van der Waals surface area contributed by atoms with E-state index in [1.165, 1.54) is 10.4 Å². The van der Waals surface area contributed by atoms with E-state index in [1.54, 1.807) is 0 Å². The zero-order chi connectivity index (χ0) is 13.6. The first-order valence-corrected chi connectivity index (χ1v) is 7.93. The fourth-order valence-corrected chi connectivity index (χ4v) is 5.34. The Labute approximate surface area is 111 Å². The Morgan fingerprint density at radius 3 is 2.05 bits per heavy atom. The second kappa shape index (κ2) is 4.52. The highest BCUT2D eigenvalue weighted by Crippen LogP contribution is 2.40. The summed E-state index contributed by atoms with van der Waals surface area (Å²) in [5.74, 6) is -2.02. The van der Waals surface area contributed by atoms with Gasteiger partial charge in [0.15, 0.2) is 4.90 Å². The van der Waals surface area contributed by atoms with Crippen molar-refractivity contribution in [3.8, 4) is 0 Å². The lowest BCUT2D eigenvalue weighted by Gasteiger charge is -2.33. The van der Waals surface area contributed by atoms with Crippen LogP contribution in [-0.2, 0) is 10.0 Å². The van der Waals surface area contributed by atoms with Gasteiger partial charge < -0.3 is 0 Å². The van der Waals surface area contributed by atoms with Gasteiger partial charge in [-0.05, 0) is 37.8 Å². The first-order valence-electron chi connectivity index (χ1n) is 6.49. The van der Waals surface area contributed by atoms with Crippen molar-refractivity contribution in [1.82, 2.24) is 4.31 Å². The van der Waals surface area contributed by atoms with Crippen molar-refractivity contribution in [2.24, 2.45) is 0 Å². The summed E-state index contributed by atoms with van der Waals surface area (Å²) in [5, 5.41) is 0. The standard InChI is InChI=1S/C13H15F2NO2S/c14-11-5-2-6-12(15)13(11)19(17,18)16-9-3-1-4-10(16)8-7-9/h2,5-6,9-10H,1,3-4,7-8H2. The van der Waals surface area contributed by atoms with E-state index in [-0.39, 0.29) is 12.1 Å². The van der Waals surface area contributed by atoms with Crippen LogP contribution in [0.1, 0.15) is 32.1 Å². The number of fused-ring (bicyclic) bond motifs is 2. The van der Waals surface area contributed by atoms with Crippen molar-refractivity contribution < 1.29 is 17.2 Å². The van der Waals surface area contributed by atoms with Gasteiger partial charge in [-0.2, -0.15) is 4.31 Å². The SMILES string of the molecule is O=S(=O)(c1c(F)cccc1F)N1C2CCCC1CC2. The van der Waals surface area contributed by atoms with Gasteiger partial charge in [0, 0.05) is 12.1 Å². The number of rotatable bonds is 2. The summed E-state index contributed by atoms with van der Waals surface area (Å²) in [5.41, 5.74) is 0. The van der Waals surface area contributed by atoms with Gasteiger partial charge in [-0.25, -0.2) is 17.2 Å². The highest BCUT2D eigenvalue weighted by molar-refractivity contribution is 7.89. The highest BCUT2D eigenvalue weighted by Gasteiger charge is 2.45. The predicted octanol–water partition coefficient (Wildman–Crippen LogP) is 2.67. The molecule has 104 valence electrons. The molecule has 2 bridgehead atoms. The van der Waals surface area contributed by atoms with Gasteiger partial charge in [0.1, 0.15) is 11.6 Å². The lowest BCUT2D eigenvalue weighted by Crippen LogP contribution is -2.44. The van der Waals surface area contributed by atoms with Gasteiger partial charge in [-0.1, -0.05) is 12.5 Å². The normalized spacial score (nSPS) is 27.7. The summed E-state index contributed by atoms with van der Waals surface area (Å²) in [6.45, 7) is 0. The molecule has 1 aromatic rings. The zero-order valence-corrected chi connectivity index (χ0v) is 11.2. The first kappa shape index (κ1) is 13.0.